The molecule has 1 amide bonds. The first-order chi connectivity index (χ1) is 7.27. The van der Waals surface area contributed by atoms with E-state index >= 15 is 0 Å². The zero-order valence-electron chi connectivity index (χ0n) is 8.77. The Balaban J connectivity index is 2.33. The van der Waals surface area contributed by atoms with E-state index in [1.165, 1.54) is 11.3 Å². The van der Waals surface area contributed by atoms with Gasteiger partial charge in [0.25, 0.3) is 5.91 Å². The lowest BCUT2D eigenvalue weighted by Crippen LogP contribution is -2.29. The van der Waals surface area contributed by atoms with Crippen molar-refractivity contribution in [1.82, 2.24) is 10.3 Å². The molecule has 1 rings (SSSR count). The molecular formula is C10H16N2O2S. The Bertz CT molecular complexity index is 288. The molecule has 0 fully saturated rings. The van der Waals surface area contributed by atoms with Gasteiger partial charge in [0.05, 0.1) is 5.51 Å². The van der Waals surface area contributed by atoms with Crippen LogP contribution < -0.4 is 5.32 Å². The Kier molecular flexibility index (Phi) is 5.28. The third kappa shape index (κ3) is 3.97. The van der Waals surface area contributed by atoms with Crippen molar-refractivity contribution in [2.75, 3.05) is 13.2 Å². The molecule has 4 nitrogen and oxygen atoms in total. The van der Waals surface area contributed by atoms with Crippen LogP contribution in [0.3, 0.4) is 0 Å². The fraction of sp³-hybridized carbons (Fsp3) is 0.600. The SMILES string of the molecule is CCC(CCO)CNC(=O)c1cscn1. The van der Waals surface area contributed by atoms with Crippen molar-refractivity contribution in [3.05, 3.63) is 16.6 Å². The van der Waals surface area contributed by atoms with E-state index in [9.17, 15) is 4.79 Å². The molecule has 15 heavy (non-hydrogen) atoms. The summed E-state index contributed by atoms with van der Waals surface area (Å²) in [5.41, 5.74) is 2.11. The molecule has 1 unspecified atom stereocenters. The van der Waals surface area contributed by atoms with Gasteiger partial charge in [0.1, 0.15) is 5.69 Å². The monoisotopic (exact) mass is 228 g/mol. The summed E-state index contributed by atoms with van der Waals surface area (Å²) in [6.45, 7) is 2.83. The van der Waals surface area contributed by atoms with E-state index in [4.69, 9.17) is 5.11 Å². The van der Waals surface area contributed by atoms with E-state index in [0.29, 0.717) is 18.2 Å². The Morgan fingerprint density at radius 2 is 2.53 bits per heavy atom. The molecule has 0 saturated carbocycles. The molecule has 84 valence electrons. The first-order valence-electron chi connectivity index (χ1n) is 5.05. The van der Waals surface area contributed by atoms with Gasteiger partial charge in [-0.1, -0.05) is 13.3 Å². The first kappa shape index (κ1) is 12.1. The van der Waals surface area contributed by atoms with Gasteiger partial charge in [0.2, 0.25) is 0 Å². The summed E-state index contributed by atoms with van der Waals surface area (Å²) in [6, 6.07) is 0. The van der Waals surface area contributed by atoms with Crippen LogP contribution in [0.1, 0.15) is 30.3 Å². The number of nitrogens with zero attached hydrogens (tertiary/aromatic N) is 1. The number of carbonyl (C=O) groups is 1. The van der Waals surface area contributed by atoms with Crippen molar-refractivity contribution in [2.24, 2.45) is 5.92 Å². The van der Waals surface area contributed by atoms with Gasteiger partial charge in [0.15, 0.2) is 0 Å². The standard InChI is InChI=1S/C10H16N2O2S/c1-2-8(3-4-13)5-11-10(14)9-6-15-7-12-9/h6-8,13H,2-5H2,1H3,(H,11,14). The molecule has 0 bridgehead atoms. The molecule has 1 atom stereocenters. The minimum atomic E-state index is -0.132. The van der Waals surface area contributed by atoms with Gasteiger partial charge < -0.3 is 10.4 Å². The molecule has 0 aromatic carbocycles. The average Bonchev–Trinajstić information content (AvgIpc) is 2.77. The van der Waals surface area contributed by atoms with Crippen LogP contribution in [-0.2, 0) is 0 Å². The maximum absolute atomic E-state index is 11.5. The number of rotatable bonds is 6. The second-order valence-electron chi connectivity index (χ2n) is 3.37. The van der Waals surface area contributed by atoms with Crippen molar-refractivity contribution in [3.8, 4) is 0 Å². The fourth-order valence-corrected chi connectivity index (χ4v) is 1.82. The van der Waals surface area contributed by atoms with Crippen molar-refractivity contribution in [2.45, 2.75) is 19.8 Å². The van der Waals surface area contributed by atoms with Crippen LogP contribution in [0.15, 0.2) is 10.9 Å². The van der Waals surface area contributed by atoms with Crippen molar-refractivity contribution in [1.29, 1.82) is 0 Å². The van der Waals surface area contributed by atoms with Crippen LogP contribution >= 0.6 is 11.3 Å². The number of amides is 1. The van der Waals surface area contributed by atoms with Crippen molar-refractivity contribution >= 4 is 17.2 Å². The number of aliphatic hydroxyl groups excluding tert-OH is 1. The smallest absolute Gasteiger partial charge is 0.270 e. The molecule has 0 spiro atoms. The van der Waals surface area contributed by atoms with Gasteiger partial charge in [-0.25, -0.2) is 4.98 Å². The van der Waals surface area contributed by atoms with Crippen LogP contribution in [0.4, 0.5) is 0 Å². The molecule has 1 aromatic rings. The molecule has 0 radical (unpaired) electrons. The van der Waals surface area contributed by atoms with Crippen LogP contribution in [0.5, 0.6) is 0 Å². The highest BCUT2D eigenvalue weighted by Crippen LogP contribution is 2.06. The van der Waals surface area contributed by atoms with Crippen LogP contribution in [0.2, 0.25) is 0 Å². The Hall–Kier alpha value is -0.940. The highest BCUT2D eigenvalue weighted by Gasteiger charge is 2.10. The fourth-order valence-electron chi connectivity index (χ4n) is 1.29. The van der Waals surface area contributed by atoms with E-state index in [-0.39, 0.29) is 12.5 Å². The summed E-state index contributed by atoms with van der Waals surface area (Å²) in [5, 5.41) is 13.3. The summed E-state index contributed by atoms with van der Waals surface area (Å²) in [6.07, 6.45) is 1.69. The second-order valence-corrected chi connectivity index (χ2v) is 4.09. The second kappa shape index (κ2) is 6.53. The topological polar surface area (TPSA) is 62.2 Å². The number of carbonyl (C=O) groups excluding carboxylic acids is 1. The van der Waals surface area contributed by atoms with Gasteiger partial charge in [-0.2, -0.15) is 0 Å². The third-order valence-corrected chi connectivity index (χ3v) is 2.92. The molecule has 2 N–H and O–H groups in total. The molecule has 0 aliphatic rings. The molecule has 0 aliphatic carbocycles. The lowest BCUT2D eigenvalue weighted by Gasteiger charge is -2.13. The maximum atomic E-state index is 11.5. The minimum absolute atomic E-state index is 0.132. The van der Waals surface area contributed by atoms with Gasteiger partial charge in [-0.05, 0) is 12.3 Å². The number of nitrogens with one attached hydrogen (secondary N) is 1. The van der Waals surface area contributed by atoms with Crippen LogP contribution in [-0.4, -0.2) is 29.1 Å². The lowest BCUT2D eigenvalue weighted by molar-refractivity contribution is 0.0939. The summed E-state index contributed by atoms with van der Waals surface area (Å²) in [7, 11) is 0. The number of aromatic nitrogens is 1. The van der Waals surface area contributed by atoms with E-state index in [1.807, 2.05) is 0 Å². The first-order valence-corrected chi connectivity index (χ1v) is 5.99. The number of thiazole rings is 1. The quantitative estimate of drug-likeness (QED) is 0.771. The number of aliphatic hydroxyl groups is 1. The largest absolute Gasteiger partial charge is 0.396 e. The molecule has 0 aliphatic heterocycles. The zero-order chi connectivity index (χ0) is 11.1. The van der Waals surface area contributed by atoms with E-state index < -0.39 is 0 Å². The van der Waals surface area contributed by atoms with Crippen LogP contribution in [0, 0.1) is 5.92 Å². The van der Waals surface area contributed by atoms with Gasteiger partial charge >= 0.3 is 0 Å². The molecule has 5 heteroatoms. The van der Waals surface area contributed by atoms with Crippen molar-refractivity contribution < 1.29 is 9.90 Å². The summed E-state index contributed by atoms with van der Waals surface area (Å²) in [4.78, 5) is 15.4. The van der Waals surface area contributed by atoms with Gasteiger partial charge in [0, 0.05) is 18.5 Å². The van der Waals surface area contributed by atoms with E-state index in [1.54, 1.807) is 10.9 Å². The highest BCUT2D eigenvalue weighted by molar-refractivity contribution is 7.07. The van der Waals surface area contributed by atoms with E-state index in [2.05, 4.69) is 17.2 Å². The zero-order valence-corrected chi connectivity index (χ0v) is 9.59. The number of hydrogen-bond acceptors (Lipinski definition) is 4. The molecular weight excluding hydrogens is 212 g/mol. The Morgan fingerprint density at radius 1 is 1.73 bits per heavy atom. The van der Waals surface area contributed by atoms with E-state index in [0.717, 1.165) is 12.8 Å². The van der Waals surface area contributed by atoms with Gasteiger partial charge in [-0.3, -0.25) is 4.79 Å². The third-order valence-electron chi connectivity index (χ3n) is 2.33. The van der Waals surface area contributed by atoms with Crippen molar-refractivity contribution in [3.63, 3.8) is 0 Å². The number of hydrogen-bond donors (Lipinski definition) is 2. The normalized spacial score (nSPS) is 12.4. The summed E-state index contributed by atoms with van der Waals surface area (Å²) in [5.74, 6) is 0.213. The molecule has 1 aromatic heterocycles. The van der Waals surface area contributed by atoms with Gasteiger partial charge in [-0.15, -0.1) is 11.3 Å². The Labute approximate surface area is 93.4 Å². The van der Waals surface area contributed by atoms with Crippen LogP contribution in [0.25, 0.3) is 0 Å². The summed E-state index contributed by atoms with van der Waals surface area (Å²) >= 11 is 1.41. The average molecular weight is 228 g/mol. The predicted molar refractivity (Wildman–Crippen MR) is 59.9 cm³/mol. The maximum Gasteiger partial charge on any atom is 0.270 e. The Morgan fingerprint density at radius 3 is 3.07 bits per heavy atom. The predicted octanol–water partition coefficient (Wildman–Crippen LogP) is 1.28. The molecule has 1 heterocycles. The summed E-state index contributed by atoms with van der Waals surface area (Å²) < 4.78 is 0. The minimum Gasteiger partial charge on any atom is -0.396 e. The highest BCUT2D eigenvalue weighted by atomic mass is 32.1. The lowest BCUT2D eigenvalue weighted by atomic mass is 10.0. The molecule has 0 saturated heterocycles.